The van der Waals surface area contributed by atoms with Crippen molar-refractivity contribution in [1.82, 2.24) is 4.98 Å². The lowest BCUT2D eigenvalue weighted by Gasteiger charge is -2.44. The number of rotatable bonds is 3. The highest BCUT2D eigenvalue weighted by Crippen LogP contribution is 2.40. The van der Waals surface area contributed by atoms with E-state index in [1.165, 1.54) is 18.3 Å². The Kier molecular flexibility index (Phi) is 4.74. The molecule has 0 radical (unpaired) electrons. The average molecular weight is 436 g/mol. The Labute approximate surface area is 182 Å². The van der Waals surface area contributed by atoms with Crippen LogP contribution in [-0.4, -0.2) is 35.5 Å². The molecule has 3 aromatic rings. The van der Waals surface area contributed by atoms with Gasteiger partial charge in [-0.15, -0.1) is 0 Å². The monoisotopic (exact) mass is 436 g/mol. The van der Waals surface area contributed by atoms with Crippen molar-refractivity contribution in [3.8, 4) is 16.9 Å². The van der Waals surface area contributed by atoms with Crippen LogP contribution in [0.2, 0.25) is 0 Å². The molecule has 1 saturated heterocycles. The van der Waals surface area contributed by atoms with Gasteiger partial charge in [0.2, 0.25) is 0 Å². The van der Waals surface area contributed by atoms with Gasteiger partial charge in [0.1, 0.15) is 28.8 Å². The third-order valence-corrected chi connectivity index (χ3v) is 5.67. The second kappa shape index (κ2) is 7.49. The number of amides is 1. The molecule has 2 aliphatic rings. The van der Waals surface area contributed by atoms with Crippen molar-refractivity contribution in [1.29, 1.82) is 0 Å². The van der Waals surface area contributed by atoms with Crippen LogP contribution < -0.4 is 10.1 Å². The molecule has 2 aromatic carbocycles. The molecule has 0 saturated carbocycles. The zero-order valence-corrected chi connectivity index (χ0v) is 17.1. The smallest absolute Gasteiger partial charge is 0.262 e. The first kappa shape index (κ1) is 20.3. The molecule has 8 heteroatoms. The Morgan fingerprint density at radius 1 is 1.09 bits per heavy atom. The number of ketones is 1. The first-order valence-corrected chi connectivity index (χ1v) is 10.0. The van der Waals surface area contributed by atoms with Crippen LogP contribution in [0.1, 0.15) is 32.7 Å². The normalized spacial score (nSPS) is 16.2. The van der Waals surface area contributed by atoms with Crippen LogP contribution in [0.3, 0.4) is 0 Å². The second-order valence-electron chi connectivity index (χ2n) is 8.02. The summed E-state index contributed by atoms with van der Waals surface area (Å²) in [5.41, 5.74) is 1.73. The number of Topliss-reactive ketones (excluding diaryl/α,β-unsaturated/α-hetero) is 1. The van der Waals surface area contributed by atoms with Crippen molar-refractivity contribution in [2.45, 2.75) is 18.9 Å². The summed E-state index contributed by atoms with van der Waals surface area (Å²) < 4.78 is 39.0. The van der Waals surface area contributed by atoms with Crippen molar-refractivity contribution in [3.05, 3.63) is 77.0 Å². The Bertz CT molecular complexity index is 1230. The lowest BCUT2D eigenvalue weighted by molar-refractivity contribution is -0.162. The predicted molar refractivity (Wildman–Crippen MR) is 112 cm³/mol. The molecule has 0 aliphatic carbocycles. The van der Waals surface area contributed by atoms with E-state index >= 15 is 0 Å². The average Bonchev–Trinajstić information content (AvgIpc) is 2.73. The van der Waals surface area contributed by atoms with Gasteiger partial charge in [-0.05, 0) is 54.4 Å². The number of carbonyl (C=O) groups is 2. The molecule has 0 atom stereocenters. The summed E-state index contributed by atoms with van der Waals surface area (Å²) >= 11 is 0. The largest absolute Gasteiger partial charge is 0.481 e. The minimum absolute atomic E-state index is 0.0285. The fourth-order valence-corrected chi connectivity index (χ4v) is 3.97. The fourth-order valence-electron chi connectivity index (χ4n) is 3.97. The van der Waals surface area contributed by atoms with Crippen LogP contribution in [-0.2, 0) is 4.74 Å². The summed E-state index contributed by atoms with van der Waals surface area (Å²) in [5.74, 6) is -2.14. The van der Waals surface area contributed by atoms with Crippen LogP contribution in [0.25, 0.3) is 11.1 Å². The number of hydrogen-bond acceptors (Lipinski definition) is 5. The van der Waals surface area contributed by atoms with Crippen LogP contribution in [0.4, 0.5) is 14.6 Å². The number of benzene rings is 2. The minimum Gasteiger partial charge on any atom is -0.481 e. The maximum Gasteiger partial charge on any atom is 0.262 e. The maximum atomic E-state index is 13.8. The highest BCUT2D eigenvalue weighted by molar-refractivity contribution is 6.04. The number of ether oxygens (including phenoxy) is 2. The molecule has 162 valence electrons. The maximum absolute atomic E-state index is 13.8. The van der Waals surface area contributed by atoms with E-state index in [-0.39, 0.29) is 11.6 Å². The Morgan fingerprint density at radius 3 is 2.47 bits per heavy atom. The molecule has 32 heavy (non-hydrogen) atoms. The molecule has 3 heterocycles. The van der Waals surface area contributed by atoms with Gasteiger partial charge in [0.05, 0.1) is 25.2 Å². The molecule has 1 aromatic heterocycles. The molecular weight excluding hydrogens is 418 g/mol. The zero-order valence-electron chi connectivity index (χ0n) is 17.1. The van der Waals surface area contributed by atoms with Gasteiger partial charge in [0.25, 0.3) is 5.91 Å². The van der Waals surface area contributed by atoms with Crippen LogP contribution in [0.15, 0.2) is 48.7 Å². The van der Waals surface area contributed by atoms with E-state index in [0.29, 0.717) is 30.9 Å². The molecule has 0 unspecified atom stereocenters. The van der Waals surface area contributed by atoms with Crippen molar-refractivity contribution in [3.63, 3.8) is 0 Å². The highest BCUT2D eigenvalue weighted by atomic mass is 19.1. The summed E-state index contributed by atoms with van der Waals surface area (Å²) in [4.78, 5) is 29.0. The number of aryl methyl sites for hydroxylation is 1. The number of nitrogens with one attached hydrogen (secondary N) is 1. The van der Waals surface area contributed by atoms with Gasteiger partial charge in [-0.1, -0.05) is 6.07 Å². The van der Waals surface area contributed by atoms with Gasteiger partial charge in [0.15, 0.2) is 11.4 Å². The number of aromatic nitrogens is 1. The SMILES string of the molecule is Cc1cc2c(cc1-c1ccc(NC(=O)c3c(F)cccc3F)nc1)OC1(COC1)CC2=O. The van der Waals surface area contributed by atoms with E-state index in [4.69, 9.17) is 9.47 Å². The second-order valence-corrected chi connectivity index (χ2v) is 8.02. The highest BCUT2D eigenvalue weighted by Gasteiger charge is 2.47. The number of anilines is 1. The Hall–Kier alpha value is -3.65. The molecule has 5 rings (SSSR count). The van der Waals surface area contributed by atoms with Gasteiger partial charge in [0, 0.05) is 11.8 Å². The van der Waals surface area contributed by atoms with Crippen molar-refractivity contribution < 1.29 is 27.8 Å². The lowest BCUT2D eigenvalue weighted by Crippen LogP contribution is -2.57. The van der Waals surface area contributed by atoms with E-state index in [1.807, 2.05) is 13.0 Å². The Balaban J connectivity index is 1.40. The zero-order chi connectivity index (χ0) is 22.5. The van der Waals surface area contributed by atoms with Gasteiger partial charge in [-0.2, -0.15) is 0 Å². The molecule has 2 aliphatic heterocycles. The van der Waals surface area contributed by atoms with E-state index < -0.39 is 28.7 Å². The quantitative estimate of drug-likeness (QED) is 0.662. The first-order chi connectivity index (χ1) is 15.3. The van der Waals surface area contributed by atoms with E-state index in [9.17, 15) is 18.4 Å². The molecule has 1 N–H and O–H groups in total. The van der Waals surface area contributed by atoms with Gasteiger partial charge >= 0.3 is 0 Å². The molecule has 6 nitrogen and oxygen atoms in total. The van der Waals surface area contributed by atoms with Crippen molar-refractivity contribution in [2.75, 3.05) is 18.5 Å². The number of pyridine rings is 1. The summed E-state index contributed by atoms with van der Waals surface area (Å²) in [6, 6.07) is 10.1. The third kappa shape index (κ3) is 3.42. The van der Waals surface area contributed by atoms with E-state index in [0.717, 1.165) is 28.8 Å². The standard InChI is InChI=1S/C24H18F2N2O4/c1-13-7-16-19(29)9-24(11-31-12-24)32-20(16)8-15(13)14-5-6-21(27-10-14)28-23(30)22-17(25)3-2-4-18(22)26/h2-8,10H,9,11-12H2,1H3,(H,27,28,30). The molecule has 0 bridgehead atoms. The number of halogens is 2. The van der Waals surface area contributed by atoms with Crippen LogP contribution >= 0.6 is 0 Å². The van der Waals surface area contributed by atoms with Crippen LogP contribution in [0, 0.1) is 18.6 Å². The van der Waals surface area contributed by atoms with E-state index in [1.54, 1.807) is 12.1 Å². The summed E-state index contributed by atoms with van der Waals surface area (Å²) in [5, 5.41) is 2.40. The molecule has 1 spiro atoms. The van der Waals surface area contributed by atoms with Crippen LogP contribution in [0.5, 0.6) is 5.75 Å². The number of nitrogens with zero attached hydrogens (tertiary/aromatic N) is 1. The number of hydrogen-bond donors (Lipinski definition) is 1. The van der Waals surface area contributed by atoms with Crippen molar-refractivity contribution >= 4 is 17.5 Å². The summed E-state index contributed by atoms with van der Waals surface area (Å²) in [6.45, 7) is 2.66. The van der Waals surface area contributed by atoms with Gasteiger partial charge in [-0.25, -0.2) is 13.8 Å². The Morgan fingerprint density at radius 2 is 1.84 bits per heavy atom. The molecule has 1 fully saturated rings. The fraction of sp³-hybridized carbons (Fsp3) is 0.208. The topological polar surface area (TPSA) is 77.5 Å². The van der Waals surface area contributed by atoms with Gasteiger partial charge < -0.3 is 14.8 Å². The number of fused-ring (bicyclic) bond motifs is 1. The van der Waals surface area contributed by atoms with E-state index in [2.05, 4.69) is 10.3 Å². The summed E-state index contributed by atoms with van der Waals surface area (Å²) in [6.07, 6.45) is 1.84. The summed E-state index contributed by atoms with van der Waals surface area (Å²) in [7, 11) is 0. The number of carbonyl (C=O) groups excluding carboxylic acids is 2. The van der Waals surface area contributed by atoms with Crippen molar-refractivity contribution in [2.24, 2.45) is 0 Å². The minimum atomic E-state index is -0.951. The third-order valence-electron chi connectivity index (χ3n) is 5.67. The molecule has 1 amide bonds. The lowest BCUT2D eigenvalue weighted by atomic mass is 9.86. The predicted octanol–water partition coefficient (Wildman–Crippen LogP) is 4.32. The first-order valence-electron chi connectivity index (χ1n) is 10.0. The molecular formula is C24H18F2N2O4. The van der Waals surface area contributed by atoms with Gasteiger partial charge in [-0.3, -0.25) is 9.59 Å².